The summed E-state index contributed by atoms with van der Waals surface area (Å²) in [5.41, 5.74) is -0.345. The minimum atomic E-state index is -0.445. The zero-order valence-electron chi connectivity index (χ0n) is 7.03. The third-order valence-electron chi connectivity index (χ3n) is 1.66. The lowest BCUT2D eigenvalue weighted by Gasteiger charge is -2.04. The molecule has 0 saturated heterocycles. The molecule has 0 radical (unpaired) electrons. The lowest BCUT2D eigenvalue weighted by molar-refractivity contribution is 0.692. The summed E-state index contributed by atoms with van der Waals surface area (Å²) in [5.74, 6) is 0.640. The zero-order chi connectivity index (χ0) is 9.14. The third-order valence-corrected chi connectivity index (χ3v) is 1.66. The molecule has 0 saturated carbocycles. The van der Waals surface area contributed by atoms with Gasteiger partial charge in [-0.1, -0.05) is 0 Å². The molecule has 0 amide bonds. The van der Waals surface area contributed by atoms with Crippen LogP contribution in [-0.2, 0) is 6.54 Å². The van der Waals surface area contributed by atoms with Gasteiger partial charge in [0, 0.05) is 12.7 Å². The maximum absolute atomic E-state index is 11.0. The van der Waals surface area contributed by atoms with Gasteiger partial charge in [-0.25, -0.2) is 0 Å². The van der Waals surface area contributed by atoms with Crippen molar-refractivity contribution in [3.05, 3.63) is 27.9 Å². The van der Waals surface area contributed by atoms with E-state index in [4.69, 9.17) is 5.26 Å². The van der Waals surface area contributed by atoms with Crippen LogP contribution in [0, 0.1) is 18.3 Å². The van der Waals surface area contributed by atoms with Crippen LogP contribution in [0.2, 0.25) is 0 Å². The highest BCUT2D eigenvalue weighted by molar-refractivity contribution is 5.22. The normalized spacial score (nSPS) is 9.42. The van der Waals surface area contributed by atoms with Gasteiger partial charge in [-0.3, -0.25) is 4.79 Å². The van der Waals surface area contributed by atoms with Gasteiger partial charge in [0.25, 0.3) is 5.56 Å². The van der Waals surface area contributed by atoms with Crippen LogP contribution in [0.25, 0.3) is 0 Å². The second kappa shape index (κ2) is 3.18. The van der Waals surface area contributed by atoms with E-state index >= 15 is 0 Å². The molecule has 1 heterocycles. The van der Waals surface area contributed by atoms with Crippen LogP contribution in [0.1, 0.15) is 18.3 Å². The van der Waals surface area contributed by atoms with Gasteiger partial charge in [-0.15, -0.1) is 0 Å². The summed E-state index contributed by atoms with van der Waals surface area (Å²) in [6.45, 7) is 4.39. The molecule has 1 rings (SSSR count). The lowest BCUT2D eigenvalue weighted by atomic mass is 10.3. The summed E-state index contributed by atoms with van der Waals surface area (Å²) < 4.78 is 1.76. The molecule has 0 aliphatic heterocycles. The monoisotopic (exact) mass is 163 g/mol. The van der Waals surface area contributed by atoms with Crippen LogP contribution in [0.4, 0.5) is 0 Å². The van der Waals surface area contributed by atoms with Crippen molar-refractivity contribution in [3.8, 4) is 6.07 Å². The molecule has 0 bridgehead atoms. The number of hydrogen-bond donors (Lipinski definition) is 0. The molecule has 1 aromatic rings. The molecule has 4 nitrogen and oxygen atoms in total. The summed E-state index contributed by atoms with van der Waals surface area (Å²) >= 11 is 0. The fraction of sp³-hybridized carbons (Fsp3) is 0.375. The largest absolute Gasteiger partial charge is 0.335 e. The number of hydrogen-bond acceptors (Lipinski definition) is 3. The van der Waals surface area contributed by atoms with E-state index in [1.54, 1.807) is 17.6 Å². The van der Waals surface area contributed by atoms with E-state index in [1.807, 2.05) is 6.92 Å². The van der Waals surface area contributed by atoms with E-state index in [9.17, 15) is 4.79 Å². The number of aromatic nitrogens is 2. The van der Waals surface area contributed by atoms with Crippen molar-refractivity contribution in [2.24, 2.45) is 0 Å². The Morgan fingerprint density at radius 1 is 1.75 bits per heavy atom. The fourth-order valence-electron chi connectivity index (χ4n) is 0.973. The van der Waals surface area contributed by atoms with Crippen molar-refractivity contribution >= 4 is 0 Å². The Balaban J connectivity index is 3.40. The second-order valence-corrected chi connectivity index (χ2v) is 2.40. The molecule has 0 aliphatic carbocycles. The summed E-state index contributed by atoms with van der Waals surface area (Å²) in [7, 11) is 0. The van der Waals surface area contributed by atoms with Gasteiger partial charge in [-0.05, 0) is 13.8 Å². The second-order valence-electron chi connectivity index (χ2n) is 2.40. The zero-order valence-corrected chi connectivity index (χ0v) is 7.03. The van der Waals surface area contributed by atoms with Crippen molar-refractivity contribution in [3.63, 3.8) is 0 Å². The Morgan fingerprint density at radius 3 is 2.92 bits per heavy atom. The number of nitriles is 1. The third kappa shape index (κ3) is 1.35. The van der Waals surface area contributed by atoms with Crippen molar-refractivity contribution < 1.29 is 0 Å². The van der Waals surface area contributed by atoms with E-state index < -0.39 is 5.56 Å². The SMILES string of the molecule is CCn1cc(C#N)c(=O)nc1C. The van der Waals surface area contributed by atoms with Crippen LogP contribution >= 0.6 is 0 Å². The summed E-state index contributed by atoms with van der Waals surface area (Å²) in [4.78, 5) is 14.7. The van der Waals surface area contributed by atoms with Crippen molar-refractivity contribution in [1.82, 2.24) is 9.55 Å². The predicted octanol–water partition coefficient (Wildman–Crippen LogP) is 0.443. The Morgan fingerprint density at radius 2 is 2.42 bits per heavy atom. The van der Waals surface area contributed by atoms with Gasteiger partial charge >= 0.3 is 0 Å². The van der Waals surface area contributed by atoms with E-state index in [1.165, 1.54) is 6.20 Å². The molecule has 0 aromatic carbocycles. The lowest BCUT2D eigenvalue weighted by Crippen LogP contribution is -2.17. The van der Waals surface area contributed by atoms with Gasteiger partial charge in [0.15, 0.2) is 0 Å². The molecule has 0 N–H and O–H groups in total. The minimum absolute atomic E-state index is 0.0995. The summed E-state index contributed by atoms with van der Waals surface area (Å²) in [6.07, 6.45) is 1.53. The molecule has 12 heavy (non-hydrogen) atoms. The standard InChI is InChI=1S/C8H9N3O/c1-3-11-5-7(4-9)8(12)10-6(11)2/h5H,3H2,1-2H3. The predicted molar refractivity (Wildman–Crippen MR) is 43.6 cm³/mol. The molecule has 0 aliphatic rings. The highest BCUT2D eigenvalue weighted by Gasteiger charge is 2.01. The van der Waals surface area contributed by atoms with Gasteiger partial charge in [0.05, 0.1) is 0 Å². The molecule has 4 heteroatoms. The van der Waals surface area contributed by atoms with Crippen LogP contribution in [-0.4, -0.2) is 9.55 Å². The maximum Gasteiger partial charge on any atom is 0.290 e. The van der Waals surface area contributed by atoms with E-state index in [2.05, 4.69) is 4.98 Å². The average Bonchev–Trinajstić information content (AvgIpc) is 2.05. The molecule has 0 unspecified atom stereocenters. The first-order valence-corrected chi connectivity index (χ1v) is 3.67. The Labute approximate surface area is 70.1 Å². The molecule has 1 aromatic heterocycles. The van der Waals surface area contributed by atoms with Crippen molar-refractivity contribution in [2.75, 3.05) is 0 Å². The first kappa shape index (κ1) is 8.47. The van der Waals surface area contributed by atoms with Crippen molar-refractivity contribution in [1.29, 1.82) is 5.26 Å². The molecule has 0 fully saturated rings. The van der Waals surface area contributed by atoms with Gasteiger partial charge < -0.3 is 4.57 Å². The first-order valence-electron chi connectivity index (χ1n) is 3.67. The molecule has 0 atom stereocenters. The Hall–Kier alpha value is -1.63. The molecule has 0 spiro atoms. The van der Waals surface area contributed by atoms with Crippen molar-refractivity contribution in [2.45, 2.75) is 20.4 Å². The van der Waals surface area contributed by atoms with E-state index in [0.717, 1.165) is 0 Å². The maximum atomic E-state index is 11.0. The minimum Gasteiger partial charge on any atom is -0.335 e. The van der Waals surface area contributed by atoms with E-state index in [0.29, 0.717) is 12.4 Å². The molecular formula is C8H9N3O. The average molecular weight is 163 g/mol. The Kier molecular flexibility index (Phi) is 2.24. The van der Waals surface area contributed by atoms with Gasteiger partial charge in [-0.2, -0.15) is 10.2 Å². The molecular weight excluding hydrogens is 154 g/mol. The van der Waals surface area contributed by atoms with Crippen LogP contribution in [0.3, 0.4) is 0 Å². The topological polar surface area (TPSA) is 58.7 Å². The summed E-state index contributed by atoms with van der Waals surface area (Å²) in [6, 6.07) is 1.80. The Bertz CT molecular complexity index is 386. The fourth-order valence-corrected chi connectivity index (χ4v) is 0.973. The number of rotatable bonds is 1. The van der Waals surface area contributed by atoms with Crippen LogP contribution in [0.5, 0.6) is 0 Å². The molecule has 62 valence electrons. The van der Waals surface area contributed by atoms with Gasteiger partial charge in [0.1, 0.15) is 17.5 Å². The smallest absolute Gasteiger partial charge is 0.290 e. The van der Waals surface area contributed by atoms with Crippen LogP contribution < -0.4 is 5.56 Å². The quantitative estimate of drug-likeness (QED) is 0.603. The van der Waals surface area contributed by atoms with Gasteiger partial charge in [0.2, 0.25) is 0 Å². The summed E-state index contributed by atoms with van der Waals surface area (Å²) in [5, 5.41) is 8.53. The number of nitrogens with zero attached hydrogens (tertiary/aromatic N) is 3. The highest BCUT2D eigenvalue weighted by Crippen LogP contribution is 1.93. The number of aryl methyl sites for hydroxylation is 2. The van der Waals surface area contributed by atoms with Crippen LogP contribution in [0.15, 0.2) is 11.0 Å². The first-order chi connectivity index (χ1) is 5.69. The highest BCUT2D eigenvalue weighted by atomic mass is 16.1. The van der Waals surface area contributed by atoms with E-state index in [-0.39, 0.29) is 5.56 Å².